The molecule has 2 heterocycles. The molecular formula is C14H25F3N4. The van der Waals surface area contributed by atoms with Crippen molar-refractivity contribution in [3.63, 3.8) is 0 Å². The number of nitrogens with two attached hydrogens (primary N) is 1. The summed E-state index contributed by atoms with van der Waals surface area (Å²) in [6, 6.07) is 0. The predicted molar refractivity (Wildman–Crippen MR) is 77.1 cm³/mol. The first-order valence-corrected chi connectivity index (χ1v) is 7.67. The lowest BCUT2D eigenvalue weighted by molar-refractivity contribution is -0.143. The number of nitrogens with zero attached hydrogens (tertiary/aromatic N) is 3. The number of guanidine groups is 1. The van der Waals surface area contributed by atoms with Crippen molar-refractivity contribution >= 4 is 5.96 Å². The average Bonchev–Trinajstić information content (AvgIpc) is 2.82. The fourth-order valence-corrected chi connectivity index (χ4v) is 3.02. The van der Waals surface area contributed by atoms with Crippen molar-refractivity contribution in [3.8, 4) is 0 Å². The second-order valence-electron chi connectivity index (χ2n) is 6.37. The van der Waals surface area contributed by atoms with Gasteiger partial charge in [-0.25, -0.2) is 0 Å². The first kappa shape index (κ1) is 16.4. The zero-order valence-corrected chi connectivity index (χ0v) is 12.6. The Morgan fingerprint density at radius 2 is 1.86 bits per heavy atom. The lowest BCUT2D eigenvalue weighted by atomic mass is 10.00. The van der Waals surface area contributed by atoms with Gasteiger partial charge in [0.2, 0.25) is 0 Å². The van der Waals surface area contributed by atoms with Gasteiger partial charge in [-0.15, -0.1) is 0 Å². The molecule has 0 radical (unpaired) electrons. The summed E-state index contributed by atoms with van der Waals surface area (Å²) in [6.07, 6.45) is -1.09. The van der Waals surface area contributed by atoms with Gasteiger partial charge in [0, 0.05) is 26.2 Å². The van der Waals surface area contributed by atoms with Crippen LogP contribution in [0.3, 0.4) is 0 Å². The van der Waals surface area contributed by atoms with Crippen LogP contribution in [-0.4, -0.2) is 61.2 Å². The molecule has 0 spiro atoms. The maximum absolute atomic E-state index is 12.3. The van der Waals surface area contributed by atoms with Crippen LogP contribution in [0.2, 0.25) is 0 Å². The van der Waals surface area contributed by atoms with Crippen molar-refractivity contribution in [2.75, 3.05) is 39.3 Å². The van der Waals surface area contributed by atoms with Crippen LogP contribution in [0.15, 0.2) is 4.99 Å². The third-order valence-electron chi connectivity index (χ3n) is 4.39. The topological polar surface area (TPSA) is 44.9 Å². The van der Waals surface area contributed by atoms with E-state index in [1.807, 2.05) is 0 Å². The van der Waals surface area contributed by atoms with Crippen LogP contribution < -0.4 is 5.73 Å². The third-order valence-corrected chi connectivity index (χ3v) is 4.39. The van der Waals surface area contributed by atoms with Crippen molar-refractivity contribution in [1.82, 2.24) is 9.80 Å². The van der Waals surface area contributed by atoms with Gasteiger partial charge in [0.05, 0.1) is 6.54 Å². The minimum Gasteiger partial charge on any atom is -0.370 e. The number of hydrogen-bond acceptors (Lipinski definition) is 2. The van der Waals surface area contributed by atoms with Gasteiger partial charge in [-0.1, -0.05) is 6.92 Å². The van der Waals surface area contributed by atoms with E-state index in [1.165, 1.54) is 4.90 Å². The highest BCUT2D eigenvalue weighted by molar-refractivity contribution is 5.78. The summed E-state index contributed by atoms with van der Waals surface area (Å²) in [6.45, 7) is 4.79. The number of aliphatic imine (C=N–C) groups is 1. The molecule has 1 atom stereocenters. The van der Waals surface area contributed by atoms with Gasteiger partial charge in [-0.2, -0.15) is 13.2 Å². The van der Waals surface area contributed by atoms with Crippen molar-refractivity contribution < 1.29 is 13.2 Å². The molecule has 122 valence electrons. The fraction of sp³-hybridized carbons (Fsp3) is 0.929. The molecule has 2 aliphatic heterocycles. The fourth-order valence-electron chi connectivity index (χ4n) is 3.02. The zero-order valence-electron chi connectivity index (χ0n) is 12.6. The molecule has 0 saturated carbocycles. The van der Waals surface area contributed by atoms with E-state index in [4.69, 9.17) is 5.73 Å². The third kappa shape index (κ3) is 5.37. The number of likely N-dealkylation sites (tertiary alicyclic amines) is 2. The van der Waals surface area contributed by atoms with Crippen LogP contribution in [-0.2, 0) is 0 Å². The maximum Gasteiger partial charge on any atom is 0.401 e. The van der Waals surface area contributed by atoms with E-state index >= 15 is 0 Å². The van der Waals surface area contributed by atoms with E-state index in [2.05, 4.69) is 16.8 Å². The van der Waals surface area contributed by atoms with Crippen molar-refractivity contribution in [2.45, 2.75) is 32.4 Å². The largest absolute Gasteiger partial charge is 0.401 e. The molecule has 0 amide bonds. The SMILES string of the molecule is CC1CCN(C(N)=NCC2CCN(CC(F)(F)F)C2)CC1. The average molecular weight is 306 g/mol. The van der Waals surface area contributed by atoms with Crippen LogP contribution >= 0.6 is 0 Å². The van der Waals surface area contributed by atoms with E-state index in [9.17, 15) is 13.2 Å². The van der Waals surface area contributed by atoms with Gasteiger partial charge in [-0.05, 0) is 37.6 Å². The number of rotatable bonds is 3. The minimum atomic E-state index is -4.11. The van der Waals surface area contributed by atoms with E-state index < -0.39 is 12.7 Å². The van der Waals surface area contributed by atoms with E-state index in [1.54, 1.807) is 0 Å². The maximum atomic E-state index is 12.3. The summed E-state index contributed by atoms with van der Waals surface area (Å²) in [4.78, 5) is 7.94. The first-order valence-electron chi connectivity index (χ1n) is 7.67. The minimum absolute atomic E-state index is 0.189. The molecule has 0 bridgehead atoms. The Morgan fingerprint density at radius 1 is 1.19 bits per heavy atom. The Balaban J connectivity index is 1.74. The van der Waals surface area contributed by atoms with Crippen molar-refractivity contribution in [1.29, 1.82) is 0 Å². The van der Waals surface area contributed by atoms with E-state index in [0.29, 0.717) is 25.6 Å². The standard InChI is InChI=1S/C14H25F3N4/c1-11-2-6-21(7-3-11)13(18)19-8-12-4-5-20(9-12)10-14(15,16)17/h11-12H,2-10H2,1H3,(H2,18,19). The van der Waals surface area contributed by atoms with Gasteiger partial charge in [0.1, 0.15) is 0 Å². The molecule has 0 aliphatic carbocycles. The Labute approximate surface area is 124 Å². The zero-order chi connectivity index (χ0) is 15.5. The second-order valence-corrected chi connectivity index (χ2v) is 6.37. The van der Waals surface area contributed by atoms with Crippen LogP contribution in [0, 0.1) is 11.8 Å². The number of alkyl halides is 3. The smallest absolute Gasteiger partial charge is 0.370 e. The predicted octanol–water partition coefficient (Wildman–Crippen LogP) is 1.92. The van der Waals surface area contributed by atoms with Crippen LogP contribution in [0.1, 0.15) is 26.2 Å². The van der Waals surface area contributed by atoms with Gasteiger partial charge in [-0.3, -0.25) is 9.89 Å². The molecule has 2 rings (SSSR count). The summed E-state index contributed by atoms with van der Waals surface area (Å²) in [7, 11) is 0. The van der Waals surface area contributed by atoms with Crippen LogP contribution in [0.25, 0.3) is 0 Å². The Hall–Kier alpha value is -0.980. The summed E-state index contributed by atoms with van der Waals surface area (Å²) in [5, 5.41) is 0. The molecule has 2 fully saturated rings. The lowest BCUT2D eigenvalue weighted by Gasteiger charge is -2.31. The molecule has 2 saturated heterocycles. The molecule has 2 aliphatic rings. The summed E-state index contributed by atoms with van der Waals surface area (Å²) in [5.41, 5.74) is 5.99. The number of halogens is 3. The highest BCUT2D eigenvalue weighted by Gasteiger charge is 2.34. The first-order chi connectivity index (χ1) is 9.83. The van der Waals surface area contributed by atoms with Gasteiger partial charge < -0.3 is 10.6 Å². The molecule has 7 heteroatoms. The van der Waals surface area contributed by atoms with E-state index in [-0.39, 0.29) is 5.92 Å². The monoisotopic (exact) mass is 306 g/mol. The highest BCUT2D eigenvalue weighted by atomic mass is 19.4. The summed E-state index contributed by atoms with van der Waals surface area (Å²) >= 11 is 0. The Morgan fingerprint density at radius 3 is 2.48 bits per heavy atom. The van der Waals surface area contributed by atoms with Gasteiger partial charge in [0.25, 0.3) is 0 Å². The van der Waals surface area contributed by atoms with Crippen LogP contribution in [0.5, 0.6) is 0 Å². The van der Waals surface area contributed by atoms with E-state index in [0.717, 1.165) is 38.3 Å². The van der Waals surface area contributed by atoms with Gasteiger partial charge in [0.15, 0.2) is 5.96 Å². The van der Waals surface area contributed by atoms with Crippen molar-refractivity contribution in [2.24, 2.45) is 22.6 Å². The molecule has 4 nitrogen and oxygen atoms in total. The number of hydrogen-bond donors (Lipinski definition) is 1. The molecule has 21 heavy (non-hydrogen) atoms. The molecule has 1 unspecified atom stereocenters. The Kier molecular flexibility index (Phi) is 5.35. The normalized spacial score (nSPS) is 26.6. The molecule has 2 N–H and O–H groups in total. The summed E-state index contributed by atoms with van der Waals surface area (Å²) < 4.78 is 37.0. The summed E-state index contributed by atoms with van der Waals surface area (Å²) in [5.74, 6) is 1.48. The molecule has 0 aromatic carbocycles. The van der Waals surface area contributed by atoms with Gasteiger partial charge >= 0.3 is 6.18 Å². The number of piperidine rings is 1. The lowest BCUT2D eigenvalue weighted by Crippen LogP contribution is -2.42. The highest BCUT2D eigenvalue weighted by Crippen LogP contribution is 2.23. The second kappa shape index (κ2) is 6.85. The quantitative estimate of drug-likeness (QED) is 0.640. The molecule has 0 aromatic rings. The molecule has 0 aromatic heterocycles. The van der Waals surface area contributed by atoms with Crippen LogP contribution in [0.4, 0.5) is 13.2 Å². The molecular weight excluding hydrogens is 281 g/mol. The van der Waals surface area contributed by atoms with Crippen molar-refractivity contribution in [3.05, 3.63) is 0 Å². The Bertz CT molecular complexity index is 362.